The molecule has 2 fully saturated rings. The molecule has 1 saturated heterocycles. The van der Waals surface area contributed by atoms with E-state index in [1.807, 2.05) is 31.2 Å². The maximum atomic E-state index is 12.8. The van der Waals surface area contributed by atoms with Crippen LogP contribution in [0.4, 0.5) is 0 Å². The van der Waals surface area contributed by atoms with Gasteiger partial charge in [-0.3, -0.25) is 4.79 Å². The molecule has 1 aromatic carbocycles. The molecule has 1 amide bonds. The molecular weight excluding hydrogens is 380 g/mol. The number of carbonyl (C=O) groups is 1. The van der Waals surface area contributed by atoms with E-state index in [4.69, 9.17) is 9.57 Å². The fourth-order valence-electron chi connectivity index (χ4n) is 3.96. The molecule has 1 aliphatic heterocycles. The molecule has 1 unspecified atom stereocenters. The van der Waals surface area contributed by atoms with E-state index in [-0.39, 0.29) is 36.1 Å². The number of rotatable bonds is 8. The zero-order valence-electron chi connectivity index (χ0n) is 16.2. The van der Waals surface area contributed by atoms with E-state index in [1.54, 1.807) is 11.1 Å². The number of benzene rings is 1. The molecule has 0 aromatic heterocycles. The highest BCUT2D eigenvalue weighted by Crippen LogP contribution is 2.29. The smallest absolute Gasteiger partial charge is 0.263 e. The van der Waals surface area contributed by atoms with Crippen molar-refractivity contribution < 1.29 is 22.8 Å². The number of hydrogen-bond acceptors (Lipinski definition) is 6. The van der Waals surface area contributed by atoms with Crippen LogP contribution in [0.1, 0.15) is 44.6 Å². The average Bonchev–Trinajstić information content (AvgIpc) is 3.31. The maximum Gasteiger partial charge on any atom is 0.263 e. The lowest BCUT2D eigenvalue weighted by atomic mass is 10.1. The summed E-state index contributed by atoms with van der Waals surface area (Å²) in [5, 5.41) is 3.89. The second kappa shape index (κ2) is 9.41. The molecule has 1 aromatic rings. The molecule has 0 N–H and O–H groups in total. The lowest BCUT2D eigenvalue weighted by Crippen LogP contribution is -2.48. The molecule has 2 aliphatic rings. The molecule has 1 aliphatic carbocycles. The molecule has 28 heavy (non-hydrogen) atoms. The van der Waals surface area contributed by atoms with Gasteiger partial charge in [-0.2, -0.15) is 0 Å². The van der Waals surface area contributed by atoms with Crippen molar-refractivity contribution in [3.8, 4) is 5.75 Å². The minimum atomic E-state index is -3.05. The van der Waals surface area contributed by atoms with Gasteiger partial charge in [0.15, 0.2) is 16.4 Å². The predicted molar refractivity (Wildman–Crippen MR) is 107 cm³/mol. The van der Waals surface area contributed by atoms with Crippen molar-refractivity contribution >= 4 is 22.0 Å². The van der Waals surface area contributed by atoms with Gasteiger partial charge in [0.1, 0.15) is 5.75 Å². The Labute approximate surface area is 166 Å². The minimum absolute atomic E-state index is 0.0602. The molecule has 3 rings (SSSR count). The van der Waals surface area contributed by atoms with Gasteiger partial charge < -0.3 is 14.5 Å². The Hall–Kier alpha value is -2.09. The summed E-state index contributed by atoms with van der Waals surface area (Å²) in [6.07, 6.45) is 6.06. The van der Waals surface area contributed by atoms with Crippen LogP contribution in [0.15, 0.2) is 29.4 Å². The van der Waals surface area contributed by atoms with Crippen molar-refractivity contribution in [3.63, 3.8) is 0 Å². The van der Waals surface area contributed by atoms with E-state index in [1.165, 1.54) is 0 Å². The van der Waals surface area contributed by atoms with Gasteiger partial charge in [-0.1, -0.05) is 18.0 Å². The van der Waals surface area contributed by atoms with Crippen LogP contribution in [-0.4, -0.2) is 62.2 Å². The van der Waals surface area contributed by atoms with Gasteiger partial charge in [0.05, 0.1) is 24.3 Å². The van der Waals surface area contributed by atoms with E-state index in [9.17, 15) is 13.2 Å². The number of amides is 1. The third-order valence-corrected chi connectivity index (χ3v) is 7.01. The highest BCUT2D eigenvalue weighted by Gasteiger charge is 2.39. The lowest BCUT2D eigenvalue weighted by Gasteiger charge is -2.33. The van der Waals surface area contributed by atoms with Gasteiger partial charge >= 0.3 is 0 Å². The molecule has 0 bridgehead atoms. The Balaban J connectivity index is 1.56. The molecule has 0 spiro atoms. The quantitative estimate of drug-likeness (QED) is 0.487. The number of oxime groups is 1. The van der Waals surface area contributed by atoms with Crippen molar-refractivity contribution in [3.05, 3.63) is 29.8 Å². The molecule has 1 saturated carbocycles. The van der Waals surface area contributed by atoms with E-state index in [0.29, 0.717) is 13.0 Å². The summed E-state index contributed by atoms with van der Waals surface area (Å²) in [5.41, 5.74) is 0.838. The largest absolute Gasteiger partial charge is 0.494 e. The maximum absolute atomic E-state index is 12.8. The second-order valence-corrected chi connectivity index (χ2v) is 9.53. The third kappa shape index (κ3) is 5.47. The molecular formula is C20H28N2O5S. The molecule has 8 heteroatoms. The van der Waals surface area contributed by atoms with Crippen molar-refractivity contribution in [1.29, 1.82) is 0 Å². The topological polar surface area (TPSA) is 85.3 Å². The van der Waals surface area contributed by atoms with Crippen LogP contribution in [0.2, 0.25) is 0 Å². The van der Waals surface area contributed by atoms with Crippen molar-refractivity contribution in [2.75, 3.05) is 24.7 Å². The van der Waals surface area contributed by atoms with Crippen LogP contribution >= 0.6 is 0 Å². The van der Waals surface area contributed by atoms with Crippen LogP contribution < -0.4 is 4.74 Å². The summed E-state index contributed by atoms with van der Waals surface area (Å²) in [4.78, 5) is 19.8. The first-order valence-corrected chi connectivity index (χ1v) is 11.7. The normalized spacial score (nSPS) is 21.8. The monoisotopic (exact) mass is 408 g/mol. The zero-order valence-corrected chi connectivity index (χ0v) is 17.1. The Morgan fingerprint density at radius 1 is 1.18 bits per heavy atom. The van der Waals surface area contributed by atoms with Gasteiger partial charge in [-0.05, 0) is 56.0 Å². The number of ether oxygens (including phenoxy) is 1. The zero-order chi connectivity index (χ0) is 20.0. The minimum Gasteiger partial charge on any atom is -0.494 e. The number of carbonyl (C=O) groups excluding carboxylic acids is 1. The van der Waals surface area contributed by atoms with Crippen molar-refractivity contribution in [1.82, 2.24) is 4.90 Å². The SMILES string of the molecule is CCOc1ccc(/C=N/OCC(=O)N(C2CCCC2)C2CCS(=O)(=O)C2)cc1. The molecule has 1 heterocycles. The fourth-order valence-corrected chi connectivity index (χ4v) is 5.68. The third-order valence-electron chi connectivity index (χ3n) is 5.26. The van der Waals surface area contributed by atoms with E-state index in [0.717, 1.165) is 37.0 Å². The summed E-state index contributed by atoms with van der Waals surface area (Å²) in [5.74, 6) is 0.822. The van der Waals surface area contributed by atoms with Gasteiger partial charge in [-0.25, -0.2) is 8.42 Å². The van der Waals surface area contributed by atoms with Crippen LogP contribution in [-0.2, 0) is 19.5 Å². The second-order valence-electron chi connectivity index (χ2n) is 7.31. The Kier molecular flexibility index (Phi) is 6.93. The molecule has 7 nitrogen and oxygen atoms in total. The first-order chi connectivity index (χ1) is 13.5. The van der Waals surface area contributed by atoms with E-state index >= 15 is 0 Å². The summed E-state index contributed by atoms with van der Waals surface area (Å²) in [6, 6.07) is 7.28. The standard InChI is InChI=1S/C20H28N2O5S/c1-2-26-19-9-7-16(8-10-19)13-21-27-14-20(23)22(17-5-3-4-6-17)18-11-12-28(24,25)15-18/h7-10,13,17-18H,2-6,11-12,14-15H2,1H3/b21-13+. The predicted octanol–water partition coefficient (Wildman–Crippen LogP) is 2.39. The van der Waals surface area contributed by atoms with Gasteiger partial charge in [0.2, 0.25) is 0 Å². The van der Waals surface area contributed by atoms with E-state index < -0.39 is 9.84 Å². The van der Waals surface area contributed by atoms with Crippen LogP contribution in [0.25, 0.3) is 0 Å². The Bertz CT molecular complexity index is 785. The first kappa shape index (κ1) is 20.6. The lowest BCUT2D eigenvalue weighted by molar-refractivity contribution is -0.140. The molecule has 0 radical (unpaired) electrons. The van der Waals surface area contributed by atoms with Gasteiger partial charge in [0.25, 0.3) is 5.91 Å². The summed E-state index contributed by atoms with van der Waals surface area (Å²) in [7, 11) is -3.05. The fraction of sp³-hybridized carbons (Fsp3) is 0.600. The average molecular weight is 409 g/mol. The summed E-state index contributed by atoms with van der Waals surface area (Å²) < 4.78 is 29.1. The van der Waals surface area contributed by atoms with Gasteiger partial charge in [-0.15, -0.1) is 0 Å². The summed E-state index contributed by atoms with van der Waals surface area (Å²) in [6.45, 7) is 2.36. The summed E-state index contributed by atoms with van der Waals surface area (Å²) >= 11 is 0. The van der Waals surface area contributed by atoms with Crippen LogP contribution in [0, 0.1) is 0 Å². The Morgan fingerprint density at radius 3 is 2.50 bits per heavy atom. The number of hydrogen-bond donors (Lipinski definition) is 0. The Morgan fingerprint density at radius 2 is 1.89 bits per heavy atom. The van der Waals surface area contributed by atoms with Crippen LogP contribution in [0.5, 0.6) is 5.75 Å². The molecule has 154 valence electrons. The van der Waals surface area contributed by atoms with Crippen molar-refractivity contribution in [2.45, 2.75) is 51.1 Å². The molecule has 1 atom stereocenters. The van der Waals surface area contributed by atoms with Crippen LogP contribution in [0.3, 0.4) is 0 Å². The van der Waals surface area contributed by atoms with Gasteiger partial charge in [0, 0.05) is 12.1 Å². The van der Waals surface area contributed by atoms with E-state index in [2.05, 4.69) is 5.16 Å². The number of sulfone groups is 1. The highest BCUT2D eigenvalue weighted by atomic mass is 32.2. The first-order valence-electron chi connectivity index (χ1n) is 9.88. The number of nitrogens with zero attached hydrogens (tertiary/aromatic N) is 2. The highest BCUT2D eigenvalue weighted by molar-refractivity contribution is 7.91. The van der Waals surface area contributed by atoms with Crippen molar-refractivity contribution in [2.24, 2.45) is 5.16 Å².